The summed E-state index contributed by atoms with van der Waals surface area (Å²) >= 11 is 7.87. The Labute approximate surface area is 250 Å². The monoisotopic (exact) mass is 613 g/mol. The normalized spacial score (nSPS) is 14.8. The number of hydrogen-bond donors (Lipinski definition) is 1. The molecule has 2 aromatic heterocycles. The number of amides is 1. The topological polar surface area (TPSA) is 111 Å². The summed E-state index contributed by atoms with van der Waals surface area (Å²) in [7, 11) is 1.37. The molecule has 2 aromatic carbocycles. The highest BCUT2D eigenvalue weighted by Crippen LogP contribution is 2.31. The lowest BCUT2D eigenvalue weighted by molar-refractivity contribution is -0.140. The minimum atomic E-state index is -0.658. The van der Waals surface area contributed by atoms with Gasteiger partial charge in [0.15, 0.2) is 10.9 Å². The van der Waals surface area contributed by atoms with Gasteiger partial charge in [0.05, 0.1) is 42.5 Å². The van der Waals surface area contributed by atoms with Gasteiger partial charge in [0.25, 0.3) is 5.91 Å². The minimum absolute atomic E-state index is 0.0684. The predicted molar refractivity (Wildman–Crippen MR) is 158 cm³/mol. The number of thiazole rings is 1. The smallest absolute Gasteiger partial charge is 0.305 e. The fraction of sp³-hybridized carbons (Fsp3) is 0.333. The molecule has 1 saturated heterocycles. The summed E-state index contributed by atoms with van der Waals surface area (Å²) in [5, 5.41) is 4.21. The standard InChI is InChI=1S/C30H29ClFN3O6S/c1-39-28(37)9-8-21-14-33-30(42-21)35-10-4-5-19(35)15-40-16-20(36)11-18-12-24(31)26(13-25(18)32)34-29(38)23-17-41-27-7-3-2-6-22(23)27/h2-3,6-7,12-14,17,19H,4-5,8-11,15-16H2,1H3,(H,34,38)/t19-/m0/s1. The molecule has 12 heteroatoms. The average molecular weight is 614 g/mol. The van der Waals surface area contributed by atoms with E-state index in [9.17, 15) is 18.8 Å². The van der Waals surface area contributed by atoms with Crippen LogP contribution in [0.4, 0.5) is 15.2 Å². The van der Waals surface area contributed by atoms with Gasteiger partial charge >= 0.3 is 5.97 Å². The number of Topliss-reactive ketones (excluding diaryl/α,β-unsaturated/α-hetero) is 1. The second kappa shape index (κ2) is 13.5. The van der Waals surface area contributed by atoms with Crippen LogP contribution in [0.5, 0.6) is 0 Å². The fourth-order valence-corrected chi connectivity index (χ4v) is 6.11. The van der Waals surface area contributed by atoms with Gasteiger partial charge in [-0.15, -0.1) is 11.3 Å². The van der Waals surface area contributed by atoms with E-state index >= 15 is 0 Å². The molecule has 0 unspecified atom stereocenters. The number of furan rings is 1. The molecule has 0 radical (unpaired) electrons. The molecule has 5 rings (SSSR count). The molecule has 1 N–H and O–H groups in total. The Morgan fingerprint density at radius 2 is 2.10 bits per heavy atom. The zero-order valence-electron chi connectivity index (χ0n) is 22.9. The molecule has 1 fully saturated rings. The number of benzene rings is 2. The first-order valence-electron chi connectivity index (χ1n) is 13.5. The molecule has 0 aliphatic carbocycles. The van der Waals surface area contributed by atoms with Crippen molar-refractivity contribution < 1.29 is 32.7 Å². The maximum Gasteiger partial charge on any atom is 0.305 e. The van der Waals surface area contributed by atoms with Gasteiger partial charge in [-0.2, -0.15) is 0 Å². The van der Waals surface area contributed by atoms with Crippen LogP contribution in [0.3, 0.4) is 0 Å². The zero-order valence-corrected chi connectivity index (χ0v) is 24.4. The van der Waals surface area contributed by atoms with Crippen LogP contribution in [0.15, 0.2) is 53.3 Å². The number of ether oxygens (including phenoxy) is 2. The maximum absolute atomic E-state index is 14.9. The molecule has 0 spiro atoms. The number of aromatic nitrogens is 1. The third-order valence-corrected chi connectivity index (χ3v) is 8.45. The predicted octanol–water partition coefficient (Wildman–Crippen LogP) is 5.84. The molecule has 1 atom stereocenters. The van der Waals surface area contributed by atoms with E-state index < -0.39 is 11.7 Å². The number of para-hydroxylation sites is 1. The second-order valence-corrected chi connectivity index (χ2v) is 11.4. The first-order chi connectivity index (χ1) is 20.3. The first kappa shape index (κ1) is 29.7. The number of ketones is 1. The Hall–Kier alpha value is -3.80. The van der Waals surface area contributed by atoms with Gasteiger partial charge < -0.3 is 24.1 Å². The molecule has 42 heavy (non-hydrogen) atoms. The van der Waals surface area contributed by atoms with Gasteiger partial charge in [0.1, 0.15) is 24.3 Å². The third kappa shape index (κ3) is 6.97. The number of nitrogens with one attached hydrogen (secondary N) is 1. The number of fused-ring (bicyclic) bond motifs is 1. The number of anilines is 2. The van der Waals surface area contributed by atoms with E-state index in [2.05, 4.69) is 15.2 Å². The van der Waals surface area contributed by atoms with E-state index in [0.717, 1.165) is 35.5 Å². The minimum Gasteiger partial charge on any atom is -0.469 e. The Balaban J connectivity index is 1.12. The van der Waals surface area contributed by atoms with Crippen LogP contribution in [0.1, 0.15) is 40.1 Å². The Morgan fingerprint density at radius 1 is 1.26 bits per heavy atom. The molecular weight excluding hydrogens is 585 g/mol. The highest BCUT2D eigenvalue weighted by Gasteiger charge is 2.27. The number of halogens is 2. The first-order valence-corrected chi connectivity index (χ1v) is 14.6. The van der Waals surface area contributed by atoms with Crippen molar-refractivity contribution in [3.63, 3.8) is 0 Å². The number of esters is 1. The van der Waals surface area contributed by atoms with E-state index in [1.807, 2.05) is 0 Å². The molecule has 3 heterocycles. The number of rotatable bonds is 12. The van der Waals surface area contributed by atoms with Crippen LogP contribution in [0.25, 0.3) is 11.0 Å². The lowest BCUT2D eigenvalue weighted by Gasteiger charge is -2.23. The maximum atomic E-state index is 14.9. The largest absolute Gasteiger partial charge is 0.469 e. The molecule has 0 saturated carbocycles. The average Bonchev–Trinajstić information content (AvgIpc) is 3.74. The van der Waals surface area contributed by atoms with Crippen LogP contribution in [0, 0.1) is 5.82 Å². The van der Waals surface area contributed by atoms with Crippen molar-refractivity contribution >= 4 is 62.4 Å². The molecule has 9 nitrogen and oxygen atoms in total. The van der Waals surface area contributed by atoms with Gasteiger partial charge in [0.2, 0.25) is 0 Å². The van der Waals surface area contributed by atoms with Crippen molar-refractivity contribution in [2.45, 2.75) is 38.1 Å². The second-order valence-electron chi connectivity index (χ2n) is 9.93. The molecule has 1 aliphatic heterocycles. The van der Waals surface area contributed by atoms with Crippen LogP contribution < -0.4 is 10.2 Å². The lowest BCUT2D eigenvalue weighted by Crippen LogP contribution is -2.33. The highest BCUT2D eigenvalue weighted by atomic mass is 35.5. The van der Waals surface area contributed by atoms with Crippen molar-refractivity contribution in [1.29, 1.82) is 0 Å². The van der Waals surface area contributed by atoms with Gasteiger partial charge in [-0.1, -0.05) is 29.8 Å². The molecule has 220 valence electrons. The van der Waals surface area contributed by atoms with E-state index in [1.54, 1.807) is 30.5 Å². The van der Waals surface area contributed by atoms with Crippen molar-refractivity contribution in [3.05, 3.63) is 75.7 Å². The van der Waals surface area contributed by atoms with Crippen molar-refractivity contribution in [3.8, 4) is 0 Å². The number of carbonyl (C=O) groups is 3. The summed E-state index contributed by atoms with van der Waals surface area (Å²) < 4.78 is 30.7. The third-order valence-electron chi connectivity index (χ3n) is 7.04. The Kier molecular flexibility index (Phi) is 9.51. The van der Waals surface area contributed by atoms with Crippen LogP contribution in [0.2, 0.25) is 5.02 Å². The van der Waals surface area contributed by atoms with E-state index in [1.165, 1.54) is 30.8 Å². The number of hydrogen-bond acceptors (Lipinski definition) is 9. The summed E-state index contributed by atoms with van der Waals surface area (Å²) in [5.41, 5.74) is 1.06. The van der Waals surface area contributed by atoms with E-state index in [0.29, 0.717) is 36.0 Å². The van der Waals surface area contributed by atoms with Crippen molar-refractivity contribution in [1.82, 2.24) is 4.98 Å². The van der Waals surface area contributed by atoms with Crippen LogP contribution in [-0.4, -0.2) is 55.6 Å². The number of methoxy groups -OCH3 is 1. The summed E-state index contributed by atoms with van der Waals surface area (Å²) in [6.45, 7) is 0.991. The molecule has 0 bridgehead atoms. The van der Waals surface area contributed by atoms with Crippen LogP contribution >= 0.6 is 22.9 Å². The van der Waals surface area contributed by atoms with E-state index in [4.69, 9.17) is 25.5 Å². The fourth-order valence-electron chi connectivity index (χ4n) is 4.87. The van der Waals surface area contributed by atoms with Crippen molar-refractivity contribution in [2.75, 3.05) is 37.1 Å². The summed E-state index contributed by atoms with van der Waals surface area (Å²) in [4.78, 5) is 44.5. The quantitative estimate of drug-likeness (QED) is 0.199. The number of aryl methyl sites for hydroxylation is 1. The molecular formula is C30H29ClFN3O6S. The van der Waals surface area contributed by atoms with Gasteiger partial charge in [0, 0.05) is 29.4 Å². The van der Waals surface area contributed by atoms with Gasteiger partial charge in [-0.3, -0.25) is 14.4 Å². The summed E-state index contributed by atoms with van der Waals surface area (Å²) in [6, 6.07) is 9.59. The Bertz CT molecular complexity index is 1600. The SMILES string of the molecule is COC(=O)CCc1cnc(N2CCC[C@H]2COCC(=O)Cc2cc(Cl)c(NC(=O)c3coc4ccccc34)cc2F)s1. The van der Waals surface area contributed by atoms with Gasteiger partial charge in [-0.25, -0.2) is 9.37 Å². The van der Waals surface area contributed by atoms with Crippen molar-refractivity contribution in [2.24, 2.45) is 0 Å². The molecule has 1 amide bonds. The number of carbonyl (C=O) groups excluding carboxylic acids is 3. The number of nitrogens with zero attached hydrogens (tertiary/aromatic N) is 2. The molecule has 1 aliphatic rings. The Morgan fingerprint density at radius 3 is 2.93 bits per heavy atom. The van der Waals surface area contributed by atoms with Gasteiger partial charge in [-0.05, 0) is 43.0 Å². The highest BCUT2D eigenvalue weighted by molar-refractivity contribution is 7.15. The summed E-state index contributed by atoms with van der Waals surface area (Å²) in [5.74, 6) is -1.70. The van der Waals surface area contributed by atoms with E-state index in [-0.39, 0.29) is 47.1 Å². The van der Waals surface area contributed by atoms with Crippen LogP contribution in [-0.2, 0) is 31.9 Å². The lowest BCUT2D eigenvalue weighted by atomic mass is 10.1. The zero-order chi connectivity index (χ0) is 29.6. The summed E-state index contributed by atoms with van der Waals surface area (Å²) in [6.07, 6.45) is 5.67. The molecule has 4 aromatic rings.